The molecular weight excluding hydrogens is 244 g/mol. The highest BCUT2D eigenvalue weighted by molar-refractivity contribution is 6.00. The Balaban J connectivity index is 0.00000256. The molecule has 5 nitrogen and oxygen atoms in total. The number of halogens is 1. The molecule has 3 N–H and O–H groups in total. The van der Waals surface area contributed by atoms with Crippen molar-refractivity contribution >= 4 is 30.0 Å². The first-order valence-corrected chi connectivity index (χ1v) is 4.79. The summed E-state index contributed by atoms with van der Waals surface area (Å²) in [5.41, 5.74) is 6.35. The molecule has 94 valence electrons. The minimum Gasteiger partial charge on any atom is -0.467 e. The summed E-state index contributed by atoms with van der Waals surface area (Å²) in [5.74, 6) is -0.890. The topological polar surface area (TPSA) is 81.4 Å². The number of anilines is 1. The molecule has 1 aromatic rings. The molecule has 0 spiro atoms. The lowest BCUT2D eigenvalue weighted by atomic mass is 10.1. The minimum atomic E-state index is -0.697. The third-order valence-corrected chi connectivity index (χ3v) is 2.11. The zero-order valence-corrected chi connectivity index (χ0v) is 10.4. The average molecular weight is 259 g/mol. The van der Waals surface area contributed by atoms with Gasteiger partial charge in [0, 0.05) is 5.69 Å². The maximum absolute atomic E-state index is 11.7. The van der Waals surface area contributed by atoms with Crippen LogP contribution in [-0.2, 0) is 9.53 Å². The molecule has 0 aromatic heterocycles. The molecule has 1 aromatic carbocycles. The highest BCUT2D eigenvalue weighted by atomic mass is 35.5. The number of esters is 1. The molecule has 17 heavy (non-hydrogen) atoms. The molecule has 0 fully saturated rings. The van der Waals surface area contributed by atoms with Crippen LogP contribution in [0.2, 0.25) is 0 Å². The number of nitrogens with two attached hydrogens (primary N) is 1. The summed E-state index contributed by atoms with van der Waals surface area (Å²) in [6, 6.07) is 5.95. The monoisotopic (exact) mass is 258 g/mol. The molecule has 0 heterocycles. The molecule has 0 aliphatic carbocycles. The molecule has 0 aliphatic rings. The largest absolute Gasteiger partial charge is 0.467 e. The Labute approximate surface area is 106 Å². The highest BCUT2D eigenvalue weighted by Crippen LogP contribution is 2.10. The Bertz CT molecular complexity index is 409. The Hall–Kier alpha value is -1.75. The van der Waals surface area contributed by atoms with Crippen LogP contribution < -0.4 is 11.1 Å². The standard InChI is InChI=1S/C11H14N2O3.ClH/c1-7(11(15)16-2)13-10(14)8-5-3-4-6-9(8)12;/h3-7H,12H2,1-2H3,(H,13,14);1H. The van der Waals surface area contributed by atoms with E-state index in [9.17, 15) is 9.59 Å². The van der Waals surface area contributed by atoms with Gasteiger partial charge in [-0.2, -0.15) is 0 Å². The summed E-state index contributed by atoms with van der Waals surface area (Å²) in [4.78, 5) is 22.8. The van der Waals surface area contributed by atoms with E-state index in [-0.39, 0.29) is 12.4 Å². The van der Waals surface area contributed by atoms with E-state index in [1.165, 1.54) is 7.11 Å². The van der Waals surface area contributed by atoms with Gasteiger partial charge in [0.15, 0.2) is 0 Å². The van der Waals surface area contributed by atoms with Gasteiger partial charge in [-0.05, 0) is 19.1 Å². The van der Waals surface area contributed by atoms with Gasteiger partial charge in [0.2, 0.25) is 0 Å². The molecule has 0 saturated carbocycles. The highest BCUT2D eigenvalue weighted by Gasteiger charge is 2.17. The lowest BCUT2D eigenvalue weighted by Crippen LogP contribution is -2.39. The number of ether oxygens (including phenoxy) is 1. The third kappa shape index (κ3) is 3.96. The summed E-state index contributed by atoms with van der Waals surface area (Å²) in [5, 5.41) is 2.49. The smallest absolute Gasteiger partial charge is 0.328 e. The van der Waals surface area contributed by atoms with Gasteiger partial charge >= 0.3 is 5.97 Å². The number of carbonyl (C=O) groups is 2. The van der Waals surface area contributed by atoms with Gasteiger partial charge < -0.3 is 15.8 Å². The number of carbonyl (C=O) groups excluding carboxylic acids is 2. The predicted octanol–water partition coefficient (Wildman–Crippen LogP) is 0.982. The summed E-state index contributed by atoms with van der Waals surface area (Å²) in [6.07, 6.45) is 0. The van der Waals surface area contributed by atoms with Gasteiger partial charge in [-0.3, -0.25) is 4.79 Å². The first kappa shape index (κ1) is 15.2. The van der Waals surface area contributed by atoms with Crippen LogP contribution in [0.15, 0.2) is 24.3 Å². The summed E-state index contributed by atoms with van der Waals surface area (Å²) < 4.78 is 4.49. The van der Waals surface area contributed by atoms with E-state index in [4.69, 9.17) is 5.73 Å². The zero-order chi connectivity index (χ0) is 12.1. The zero-order valence-electron chi connectivity index (χ0n) is 9.60. The number of methoxy groups -OCH3 is 1. The number of rotatable bonds is 3. The van der Waals surface area contributed by atoms with Crippen LogP contribution in [0.3, 0.4) is 0 Å². The van der Waals surface area contributed by atoms with Gasteiger partial charge in [0.1, 0.15) is 6.04 Å². The summed E-state index contributed by atoms with van der Waals surface area (Å²) in [7, 11) is 1.27. The van der Waals surface area contributed by atoms with E-state index in [1.54, 1.807) is 31.2 Å². The molecule has 0 aliphatic heterocycles. The van der Waals surface area contributed by atoms with Crippen molar-refractivity contribution in [1.29, 1.82) is 0 Å². The molecule has 1 rings (SSSR count). The summed E-state index contributed by atoms with van der Waals surface area (Å²) >= 11 is 0. The molecule has 0 bridgehead atoms. The van der Waals surface area contributed by atoms with Gasteiger partial charge in [0.25, 0.3) is 5.91 Å². The number of para-hydroxylation sites is 1. The molecule has 0 saturated heterocycles. The van der Waals surface area contributed by atoms with Crippen molar-refractivity contribution in [3.63, 3.8) is 0 Å². The third-order valence-electron chi connectivity index (χ3n) is 2.11. The van der Waals surface area contributed by atoms with Crippen LogP contribution in [0.1, 0.15) is 17.3 Å². The normalized spacial score (nSPS) is 10.9. The Morgan fingerprint density at radius 3 is 2.47 bits per heavy atom. The van der Waals surface area contributed by atoms with E-state index < -0.39 is 17.9 Å². The summed E-state index contributed by atoms with van der Waals surface area (Å²) in [6.45, 7) is 1.54. The number of benzene rings is 1. The number of nitrogen functional groups attached to an aromatic ring is 1. The first-order valence-electron chi connectivity index (χ1n) is 4.79. The van der Waals surface area contributed by atoms with Crippen LogP contribution in [0.4, 0.5) is 5.69 Å². The lowest BCUT2D eigenvalue weighted by molar-refractivity contribution is -0.142. The fourth-order valence-corrected chi connectivity index (χ4v) is 1.21. The van der Waals surface area contributed by atoms with E-state index in [2.05, 4.69) is 10.1 Å². The van der Waals surface area contributed by atoms with E-state index >= 15 is 0 Å². The fourth-order valence-electron chi connectivity index (χ4n) is 1.21. The van der Waals surface area contributed by atoms with E-state index in [0.29, 0.717) is 11.3 Å². The molecule has 6 heteroatoms. The van der Waals surface area contributed by atoms with Crippen molar-refractivity contribution < 1.29 is 14.3 Å². The Kier molecular flexibility index (Phi) is 6.06. The quantitative estimate of drug-likeness (QED) is 0.626. The molecule has 1 amide bonds. The predicted molar refractivity (Wildman–Crippen MR) is 67.0 cm³/mol. The first-order chi connectivity index (χ1) is 7.56. The molecular formula is C11H15ClN2O3. The molecule has 1 unspecified atom stereocenters. The maximum Gasteiger partial charge on any atom is 0.328 e. The van der Waals surface area contributed by atoms with Crippen LogP contribution in [0, 0.1) is 0 Å². The van der Waals surface area contributed by atoms with Crippen LogP contribution >= 0.6 is 12.4 Å². The van der Waals surface area contributed by atoms with Crippen LogP contribution in [-0.4, -0.2) is 25.0 Å². The van der Waals surface area contributed by atoms with Crippen molar-refractivity contribution in [2.75, 3.05) is 12.8 Å². The molecule has 1 atom stereocenters. The van der Waals surface area contributed by atoms with Gasteiger partial charge in [-0.15, -0.1) is 12.4 Å². The minimum absolute atomic E-state index is 0. The molecule has 0 radical (unpaired) electrons. The number of nitrogens with one attached hydrogen (secondary N) is 1. The van der Waals surface area contributed by atoms with E-state index in [1.807, 2.05) is 0 Å². The Morgan fingerprint density at radius 2 is 1.94 bits per heavy atom. The second-order valence-electron chi connectivity index (χ2n) is 3.31. The van der Waals surface area contributed by atoms with Gasteiger partial charge in [-0.1, -0.05) is 12.1 Å². The van der Waals surface area contributed by atoms with E-state index in [0.717, 1.165) is 0 Å². The van der Waals surface area contributed by atoms with Gasteiger partial charge in [-0.25, -0.2) is 4.79 Å². The van der Waals surface area contributed by atoms with Crippen molar-refractivity contribution in [2.45, 2.75) is 13.0 Å². The second kappa shape index (κ2) is 6.75. The average Bonchev–Trinajstić information content (AvgIpc) is 2.28. The van der Waals surface area contributed by atoms with Gasteiger partial charge in [0.05, 0.1) is 12.7 Å². The van der Waals surface area contributed by atoms with Crippen molar-refractivity contribution in [3.8, 4) is 0 Å². The maximum atomic E-state index is 11.7. The fraction of sp³-hybridized carbons (Fsp3) is 0.273. The number of hydrogen-bond acceptors (Lipinski definition) is 4. The van der Waals surface area contributed by atoms with Crippen molar-refractivity contribution in [3.05, 3.63) is 29.8 Å². The van der Waals surface area contributed by atoms with Crippen LogP contribution in [0.5, 0.6) is 0 Å². The SMILES string of the molecule is COC(=O)C(C)NC(=O)c1ccccc1N.Cl. The Morgan fingerprint density at radius 1 is 1.35 bits per heavy atom. The number of hydrogen-bond donors (Lipinski definition) is 2. The van der Waals surface area contributed by atoms with Crippen LogP contribution in [0.25, 0.3) is 0 Å². The lowest BCUT2D eigenvalue weighted by Gasteiger charge is -2.12. The van der Waals surface area contributed by atoms with Crippen molar-refractivity contribution in [2.24, 2.45) is 0 Å². The second-order valence-corrected chi connectivity index (χ2v) is 3.31. The number of amides is 1. The van der Waals surface area contributed by atoms with Crippen molar-refractivity contribution in [1.82, 2.24) is 5.32 Å².